The first-order valence-electron chi connectivity index (χ1n) is 6.97. The summed E-state index contributed by atoms with van der Waals surface area (Å²) in [6.07, 6.45) is 1.91. The van der Waals surface area contributed by atoms with E-state index in [1.807, 2.05) is 13.8 Å². The van der Waals surface area contributed by atoms with E-state index in [0.717, 1.165) is 25.9 Å². The number of carbonyl (C=O) groups excluding carboxylic acids is 1. The molecule has 1 aliphatic heterocycles. The van der Waals surface area contributed by atoms with Crippen LogP contribution in [0.1, 0.15) is 37.0 Å². The Bertz CT molecular complexity index is 515. The number of aromatic hydroxyl groups is 2. The molecule has 0 unspecified atom stereocenters. The Balaban J connectivity index is 2.13. The summed E-state index contributed by atoms with van der Waals surface area (Å²) in [5.74, 6) is -0.639. The maximum Gasteiger partial charge on any atom is 0.338 e. The molecule has 1 saturated heterocycles. The van der Waals surface area contributed by atoms with E-state index in [4.69, 9.17) is 4.74 Å². The number of hydrogen-bond donors (Lipinski definition) is 3. The van der Waals surface area contributed by atoms with E-state index in [0.29, 0.717) is 5.92 Å². The molecular formula is C15H20BrNO4. The summed E-state index contributed by atoms with van der Waals surface area (Å²) in [5.41, 5.74) is -0.451. The Morgan fingerprint density at radius 1 is 1.29 bits per heavy atom. The average Bonchev–Trinajstić information content (AvgIpc) is 2.44. The predicted molar refractivity (Wildman–Crippen MR) is 82.6 cm³/mol. The Morgan fingerprint density at radius 3 is 2.33 bits per heavy atom. The zero-order valence-electron chi connectivity index (χ0n) is 12.1. The predicted octanol–water partition coefficient (Wildman–Crippen LogP) is 2.80. The van der Waals surface area contributed by atoms with E-state index in [1.165, 1.54) is 12.1 Å². The molecule has 1 aliphatic rings. The summed E-state index contributed by atoms with van der Waals surface area (Å²) in [5, 5.41) is 22.6. The fourth-order valence-corrected chi connectivity index (χ4v) is 2.84. The fraction of sp³-hybridized carbons (Fsp3) is 0.533. The first-order valence-corrected chi connectivity index (χ1v) is 7.76. The number of halogens is 1. The van der Waals surface area contributed by atoms with Crippen LogP contribution < -0.4 is 5.32 Å². The molecule has 3 N–H and O–H groups in total. The van der Waals surface area contributed by atoms with Gasteiger partial charge in [0.1, 0.15) is 21.6 Å². The summed E-state index contributed by atoms with van der Waals surface area (Å²) in [7, 11) is 0. The number of phenols is 2. The first-order chi connectivity index (χ1) is 9.81. The lowest BCUT2D eigenvalue weighted by molar-refractivity contribution is -0.0368. The van der Waals surface area contributed by atoms with Crippen molar-refractivity contribution in [2.45, 2.75) is 32.3 Å². The fourth-order valence-electron chi connectivity index (χ4n) is 2.61. The first kappa shape index (κ1) is 16.1. The maximum absolute atomic E-state index is 12.2. The standard InChI is InChI=1S/C15H20BrNO4/c1-15(2,10-3-5-17-6-4-10)21-14(20)9-7-11(18)13(16)12(19)8-9/h7-8,10,17-19H,3-6H2,1-2H3. The number of piperidine rings is 1. The molecule has 1 aromatic rings. The molecular weight excluding hydrogens is 338 g/mol. The van der Waals surface area contributed by atoms with E-state index in [9.17, 15) is 15.0 Å². The minimum absolute atomic E-state index is 0.134. The molecule has 0 radical (unpaired) electrons. The molecule has 1 aromatic carbocycles. The normalized spacial score (nSPS) is 16.7. The molecule has 1 fully saturated rings. The number of hydrogen-bond acceptors (Lipinski definition) is 5. The Labute approximate surface area is 132 Å². The van der Waals surface area contributed by atoms with Gasteiger partial charge in [-0.15, -0.1) is 0 Å². The highest BCUT2D eigenvalue weighted by Crippen LogP contribution is 2.35. The molecule has 0 aliphatic carbocycles. The van der Waals surface area contributed by atoms with Crippen molar-refractivity contribution < 1.29 is 19.7 Å². The highest BCUT2D eigenvalue weighted by Gasteiger charge is 2.34. The molecule has 6 heteroatoms. The van der Waals surface area contributed by atoms with Crippen molar-refractivity contribution in [3.05, 3.63) is 22.2 Å². The van der Waals surface area contributed by atoms with Crippen LogP contribution in [0.15, 0.2) is 16.6 Å². The van der Waals surface area contributed by atoms with Crippen LogP contribution in [0.4, 0.5) is 0 Å². The second kappa shape index (κ2) is 6.23. The van der Waals surface area contributed by atoms with Crippen LogP contribution >= 0.6 is 15.9 Å². The molecule has 116 valence electrons. The molecule has 0 bridgehead atoms. The molecule has 0 aromatic heterocycles. The van der Waals surface area contributed by atoms with Gasteiger partial charge in [-0.3, -0.25) is 0 Å². The number of nitrogens with one attached hydrogen (secondary N) is 1. The lowest BCUT2D eigenvalue weighted by Crippen LogP contribution is -2.42. The van der Waals surface area contributed by atoms with E-state index in [-0.39, 0.29) is 21.5 Å². The van der Waals surface area contributed by atoms with Crippen molar-refractivity contribution in [1.29, 1.82) is 0 Å². The zero-order chi connectivity index (χ0) is 15.6. The van der Waals surface area contributed by atoms with Gasteiger partial charge in [0.15, 0.2) is 0 Å². The molecule has 0 spiro atoms. The van der Waals surface area contributed by atoms with Crippen LogP contribution in [0.5, 0.6) is 11.5 Å². The third-order valence-electron chi connectivity index (χ3n) is 3.95. The van der Waals surface area contributed by atoms with E-state index < -0.39 is 11.6 Å². The zero-order valence-corrected chi connectivity index (χ0v) is 13.7. The van der Waals surface area contributed by atoms with E-state index >= 15 is 0 Å². The van der Waals surface area contributed by atoms with Crippen molar-refractivity contribution in [2.75, 3.05) is 13.1 Å². The van der Waals surface area contributed by atoms with Gasteiger partial charge in [0.2, 0.25) is 0 Å². The summed E-state index contributed by atoms with van der Waals surface area (Å²) in [6.45, 7) is 5.65. The minimum atomic E-state index is -0.586. The minimum Gasteiger partial charge on any atom is -0.507 e. The van der Waals surface area contributed by atoms with Gasteiger partial charge in [0.05, 0.1) is 5.56 Å². The highest BCUT2D eigenvalue weighted by atomic mass is 79.9. The van der Waals surface area contributed by atoms with Gasteiger partial charge in [-0.25, -0.2) is 4.79 Å². The van der Waals surface area contributed by atoms with Gasteiger partial charge < -0.3 is 20.3 Å². The number of benzene rings is 1. The van der Waals surface area contributed by atoms with Crippen molar-refractivity contribution in [1.82, 2.24) is 5.32 Å². The van der Waals surface area contributed by atoms with Gasteiger partial charge in [-0.1, -0.05) is 0 Å². The quantitative estimate of drug-likeness (QED) is 0.725. The highest BCUT2D eigenvalue weighted by molar-refractivity contribution is 9.10. The topological polar surface area (TPSA) is 78.8 Å². The number of carbonyl (C=O) groups is 1. The summed E-state index contributed by atoms with van der Waals surface area (Å²) in [4.78, 5) is 12.2. The van der Waals surface area contributed by atoms with Crippen LogP contribution in [0.2, 0.25) is 0 Å². The molecule has 21 heavy (non-hydrogen) atoms. The van der Waals surface area contributed by atoms with Crippen molar-refractivity contribution in [3.63, 3.8) is 0 Å². The molecule has 1 heterocycles. The van der Waals surface area contributed by atoms with Gasteiger partial charge in [0.25, 0.3) is 0 Å². The van der Waals surface area contributed by atoms with Crippen LogP contribution in [0, 0.1) is 5.92 Å². The van der Waals surface area contributed by atoms with Crippen molar-refractivity contribution in [3.8, 4) is 11.5 Å². The van der Waals surface area contributed by atoms with Crippen LogP contribution in [-0.4, -0.2) is 34.9 Å². The average molecular weight is 358 g/mol. The third kappa shape index (κ3) is 3.68. The van der Waals surface area contributed by atoms with Crippen molar-refractivity contribution >= 4 is 21.9 Å². The molecule has 0 atom stereocenters. The summed E-state index contributed by atoms with van der Waals surface area (Å²) in [6, 6.07) is 2.56. The lowest BCUT2D eigenvalue weighted by Gasteiger charge is -2.36. The monoisotopic (exact) mass is 357 g/mol. The lowest BCUT2D eigenvalue weighted by atomic mass is 9.83. The molecule has 0 amide bonds. The van der Waals surface area contributed by atoms with Gasteiger partial charge in [0, 0.05) is 5.92 Å². The number of esters is 1. The van der Waals surface area contributed by atoms with E-state index in [1.54, 1.807) is 0 Å². The van der Waals surface area contributed by atoms with E-state index in [2.05, 4.69) is 21.2 Å². The molecule has 2 rings (SSSR count). The number of phenolic OH excluding ortho intramolecular Hbond substituents is 2. The Hall–Kier alpha value is -1.27. The second-order valence-corrected chi connectivity index (χ2v) is 6.64. The smallest absolute Gasteiger partial charge is 0.338 e. The number of rotatable bonds is 3. The third-order valence-corrected chi connectivity index (χ3v) is 4.76. The van der Waals surface area contributed by atoms with Gasteiger partial charge in [-0.2, -0.15) is 0 Å². The Kier molecular flexibility index (Phi) is 4.78. The summed E-state index contributed by atoms with van der Waals surface area (Å²) >= 11 is 3.03. The maximum atomic E-state index is 12.2. The summed E-state index contributed by atoms with van der Waals surface area (Å²) < 4.78 is 5.77. The van der Waals surface area contributed by atoms with Crippen LogP contribution in [-0.2, 0) is 4.74 Å². The second-order valence-electron chi connectivity index (χ2n) is 5.85. The van der Waals surface area contributed by atoms with Crippen LogP contribution in [0.3, 0.4) is 0 Å². The van der Waals surface area contributed by atoms with Crippen LogP contribution in [0.25, 0.3) is 0 Å². The van der Waals surface area contributed by atoms with Gasteiger partial charge in [-0.05, 0) is 67.8 Å². The number of ether oxygens (including phenoxy) is 1. The molecule has 0 saturated carbocycles. The van der Waals surface area contributed by atoms with Crippen molar-refractivity contribution in [2.24, 2.45) is 5.92 Å². The van der Waals surface area contributed by atoms with Gasteiger partial charge >= 0.3 is 5.97 Å². The SMILES string of the molecule is CC(C)(OC(=O)c1cc(O)c(Br)c(O)c1)C1CCNCC1. The Morgan fingerprint density at radius 2 is 1.81 bits per heavy atom. The molecule has 5 nitrogen and oxygen atoms in total. The largest absolute Gasteiger partial charge is 0.507 e.